The van der Waals surface area contributed by atoms with E-state index in [1.54, 1.807) is 30.6 Å². The van der Waals surface area contributed by atoms with E-state index in [0.29, 0.717) is 22.5 Å². The Morgan fingerprint density at radius 3 is 2.54 bits per heavy atom. The Hall–Kier alpha value is -5.05. The number of hydrogen-bond donors (Lipinski definition) is 2. The molecule has 0 saturated carbocycles. The number of carbonyl (C=O) groups is 2. The molecule has 5 rings (SSSR count). The number of aromatic nitrogens is 4. The van der Waals surface area contributed by atoms with Crippen molar-refractivity contribution in [1.29, 1.82) is 0 Å². The second-order valence-electron chi connectivity index (χ2n) is 7.98. The minimum atomic E-state index is -0.576. The summed E-state index contributed by atoms with van der Waals surface area (Å²) >= 11 is 0. The van der Waals surface area contributed by atoms with Gasteiger partial charge in [-0.25, -0.2) is 4.98 Å². The average molecular weight is 464 g/mol. The van der Waals surface area contributed by atoms with Gasteiger partial charge in [0, 0.05) is 47.3 Å². The molecule has 9 heteroatoms. The van der Waals surface area contributed by atoms with Crippen molar-refractivity contribution in [2.75, 3.05) is 5.32 Å². The number of rotatable bonds is 5. The fourth-order valence-electron chi connectivity index (χ4n) is 3.88. The molecule has 35 heavy (non-hydrogen) atoms. The highest BCUT2D eigenvalue weighted by Gasteiger charge is 2.16. The number of benzene rings is 2. The Kier molecular flexibility index (Phi) is 5.42. The van der Waals surface area contributed by atoms with Crippen LogP contribution in [-0.4, -0.2) is 30.8 Å². The number of nitrogens with two attached hydrogens (primary N) is 1. The summed E-state index contributed by atoms with van der Waals surface area (Å²) in [7, 11) is 0. The highest BCUT2D eigenvalue weighted by atomic mass is 16.2. The number of primary amides is 1. The Morgan fingerprint density at radius 1 is 1.00 bits per heavy atom. The minimum absolute atomic E-state index is 0.214. The van der Waals surface area contributed by atoms with Gasteiger partial charge in [-0.05, 0) is 48.9 Å². The molecule has 0 saturated heterocycles. The van der Waals surface area contributed by atoms with Gasteiger partial charge < -0.3 is 15.5 Å². The lowest BCUT2D eigenvalue weighted by atomic mass is 10.1. The first-order valence-corrected chi connectivity index (χ1v) is 10.7. The van der Waals surface area contributed by atoms with Crippen LogP contribution in [0.1, 0.15) is 26.5 Å². The summed E-state index contributed by atoms with van der Waals surface area (Å²) in [6.07, 6.45) is 8.20. The van der Waals surface area contributed by atoms with Gasteiger partial charge in [0.2, 0.25) is 5.91 Å². The van der Waals surface area contributed by atoms with Gasteiger partial charge in [-0.2, -0.15) is 0 Å². The van der Waals surface area contributed by atoms with E-state index in [2.05, 4.69) is 15.3 Å². The first kappa shape index (κ1) is 21.8. The van der Waals surface area contributed by atoms with E-state index < -0.39 is 11.8 Å². The summed E-state index contributed by atoms with van der Waals surface area (Å²) in [5.74, 6) is -0.981. The molecule has 2 aromatic carbocycles. The van der Waals surface area contributed by atoms with Gasteiger partial charge >= 0.3 is 0 Å². The van der Waals surface area contributed by atoms with Crippen LogP contribution in [0.3, 0.4) is 0 Å². The molecule has 3 heterocycles. The van der Waals surface area contributed by atoms with Crippen molar-refractivity contribution in [2.45, 2.75) is 6.92 Å². The largest absolute Gasteiger partial charge is 0.366 e. The Balaban J connectivity index is 1.48. The number of anilines is 1. The molecule has 0 aliphatic rings. The number of fused-ring (bicyclic) bond motifs is 1. The molecule has 0 spiro atoms. The number of hydrogen-bond acceptors (Lipinski definition) is 5. The molecular formula is C26H20N6O3. The molecule has 0 aliphatic carbocycles. The summed E-state index contributed by atoms with van der Waals surface area (Å²) in [6.45, 7) is 1.81. The van der Waals surface area contributed by atoms with E-state index in [1.165, 1.54) is 16.8 Å². The maximum atomic E-state index is 13.1. The predicted molar refractivity (Wildman–Crippen MR) is 132 cm³/mol. The molecule has 2 amide bonds. The maximum absolute atomic E-state index is 13.1. The Morgan fingerprint density at radius 2 is 1.80 bits per heavy atom. The predicted octanol–water partition coefficient (Wildman–Crippen LogP) is 3.21. The zero-order chi connectivity index (χ0) is 24.5. The van der Waals surface area contributed by atoms with Gasteiger partial charge in [0.25, 0.3) is 11.5 Å². The van der Waals surface area contributed by atoms with Crippen LogP contribution >= 0.6 is 0 Å². The van der Waals surface area contributed by atoms with Crippen molar-refractivity contribution in [1.82, 2.24) is 18.9 Å². The van der Waals surface area contributed by atoms with Crippen molar-refractivity contribution in [3.8, 4) is 16.8 Å². The quantitative estimate of drug-likeness (QED) is 0.413. The SMILES string of the molecule is Cc1cn2cc(-c3ccc(-n4ccncc4=O)cc3)cc2c(C(=O)Nc2cccc(C(N)=O)c2)n1. The van der Waals surface area contributed by atoms with Crippen LogP contribution in [0.5, 0.6) is 0 Å². The number of nitrogens with one attached hydrogen (secondary N) is 1. The third-order valence-electron chi connectivity index (χ3n) is 5.53. The normalized spacial score (nSPS) is 10.9. The molecule has 0 aliphatic heterocycles. The second kappa shape index (κ2) is 8.71. The Bertz CT molecular complexity index is 1650. The minimum Gasteiger partial charge on any atom is -0.366 e. The molecule has 172 valence electrons. The van der Waals surface area contributed by atoms with Crippen LogP contribution in [0.4, 0.5) is 5.69 Å². The van der Waals surface area contributed by atoms with Crippen LogP contribution in [0.2, 0.25) is 0 Å². The van der Waals surface area contributed by atoms with Crippen LogP contribution in [0.15, 0.2) is 90.4 Å². The fourth-order valence-corrected chi connectivity index (χ4v) is 3.88. The summed E-state index contributed by atoms with van der Waals surface area (Å²) in [4.78, 5) is 44.9. The van der Waals surface area contributed by atoms with Crippen LogP contribution in [0, 0.1) is 6.92 Å². The van der Waals surface area contributed by atoms with Gasteiger partial charge in [0.1, 0.15) is 0 Å². The first-order chi connectivity index (χ1) is 16.9. The van der Waals surface area contributed by atoms with Gasteiger partial charge in [-0.3, -0.25) is 23.9 Å². The number of aryl methyl sites for hydroxylation is 1. The molecular weight excluding hydrogens is 444 g/mol. The molecule has 5 aromatic rings. The van der Waals surface area contributed by atoms with Crippen molar-refractivity contribution >= 4 is 23.0 Å². The lowest BCUT2D eigenvalue weighted by Gasteiger charge is -2.08. The zero-order valence-electron chi connectivity index (χ0n) is 18.7. The molecule has 0 unspecified atom stereocenters. The van der Waals surface area contributed by atoms with Gasteiger partial charge in [-0.15, -0.1) is 0 Å². The average Bonchev–Trinajstić information content (AvgIpc) is 3.28. The summed E-state index contributed by atoms with van der Waals surface area (Å²) in [5.41, 5.74) is 9.94. The lowest BCUT2D eigenvalue weighted by Crippen LogP contribution is -2.17. The standard InChI is InChI=1S/C26H20N6O3/c1-16-14-31-15-19(17-5-7-21(8-6-17)32-10-9-28-13-23(32)33)12-22(31)24(29-16)26(35)30-20-4-2-3-18(11-20)25(27)34/h2-15H,1H3,(H2,27,34)(H,30,35). The van der Waals surface area contributed by atoms with Crippen molar-refractivity contribution in [3.63, 3.8) is 0 Å². The van der Waals surface area contributed by atoms with Crippen molar-refractivity contribution in [3.05, 3.63) is 113 Å². The molecule has 0 fully saturated rings. The third kappa shape index (κ3) is 4.30. The molecule has 0 radical (unpaired) electrons. The highest BCUT2D eigenvalue weighted by molar-refractivity contribution is 6.08. The lowest BCUT2D eigenvalue weighted by molar-refractivity contribution is 0.0995. The Labute approximate surface area is 199 Å². The molecule has 3 aromatic heterocycles. The molecule has 0 atom stereocenters. The molecule has 9 nitrogen and oxygen atoms in total. The third-order valence-corrected chi connectivity index (χ3v) is 5.53. The summed E-state index contributed by atoms with van der Waals surface area (Å²) in [5, 5.41) is 2.79. The molecule has 0 bridgehead atoms. The summed E-state index contributed by atoms with van der Waals surface area (Å²) < 4.78 is 3.36. The van der Waals surface area contributed by atoms with Crippen molar-refractivity contribution in [2.24, 2.45) is 5.73 Å². The number of carbonyl (C=O) groups excluding carboxylic acids is 2. The topological polar surface area (TPSA) is 124 Å². The van der Waals surface area contributed by atoms with E-state index in [0.717, 1.165) is 16.8 Å². The highest BCUT2D eigenvalue weighted by Crippen LogP contribution is 2.26. The van der Waals surface area contributed by atoms with E-state index in [-0.39, 0.29) is 11.3 Å². The van der Waals surface area contributed by atoms with Crippen LogP contribution in [0.25, 0.3) is 22.3 Å². The monoisotopic (exact) mass is 464 g/mol. The number of amides is 2. The van der Waals surface area contributed by atoms with Crippen LogP contribution in [-0.2, 0) is 0 Å². The smallest absolute Gasteiger partial charge is 0.276 e. The van der Waals surface area contributed by atoms with E-state index in [4.69, 9.17) is 5.73 Å². The summed E-state index contributed by atoms with van der Waals surface area (Å²) in [6, 6.07) is 15.8. The van der Waals surface area contributed by atoms with Gasteiger partial charge in [-0.1, -0.05) is 18.2 Å². The van der Waals surface area contributed by atoms with E-state index in [9.17, 15) is 14.4 Å². The second-order valence-corrected chi connectivity index (χ2v) is 7.98. The van der Waals surface area contributed by atoms with Crippen LogP contribution < -0.4 is 16.6 Å². The van der Waals surface area contributed by atoms with Crippen molar-refractivity contribution < 1.29 is 9.59 Å². The van der Waals surface area contributed by atoms with E-state index >= 15 is 0 Å². The van der Waals surface area contributed by atoms with Gasteiger partial charge in [0.15, 0.2) is 5.69 Å². The maximum Gasteiger partial charge on any atom is 0.276 e. The first-order valence-electron chi connectivity index (χ1n) is 10.7. The molecule has 3 N–H and O–H groups in total. The van der Waals surface area contributed by atoms with E-state index in [1.807, 2.05) is 54.0 Å². The zero-order valence-corrected chi connectivity index (χ0v) is 18.7. The van der Waals surface area contributed by atoms with Gasteiger partial charge in [0.05, 0.1) is 17.4 Å². The number of nitrogens with zero attached hydrogens (tertiary/aromatic N) is 4. The fraction of sp³-hybridized carbons (Fsp3) is 0.0385.